The summed E-state index contributed by atoms with van der Waals surface area (Å²) in [7, 11) is 0. The third-order valence-electron chi connectivity index (χ3n) is 5.55. The average molecular weight is 489 g/mol. The Bertz CT molecular complexity index is 1260. The number of halogens is 2. The molecule has 4 aromatic carbocycles. The van der Waals surface area contributed by atoms with Crippen molar-refractivity contribution >= 4 is 44.1 Å². The Morgan fingerprint density at radius 2 is 1.52 bits per heavy atom. The zero-order valence-electron chi connectivity index (χ0n) is 16.6. The maximum Gasteiger partial charge on any atom is 0.163 e. The van der Waals surface area contributed by atoms with E-state index in [1.807, 2.05) is 78.9 Å². The van der Waals surface area contributed by atoms with Crippen LogP contribution in [0.15, 0.2) is 95.5 Å². The monoisotopic (exact) mass is 487 g/mol. The second kappa shape index (κ2) is 9.47. The zero-order chi connectivity index (χ0) is 21.8. The van der Waals surface area contributed by atoms with Crippen LogP contribution in [0.2, 0.25) is 5.02 Å². The molecule has 0 heterocycles. The van der Waals surface area contributed by atoms with Crippen LogP contribution in [0.5, 0.6) is 0 Å². The number of fused-ring (bicyclic) bond motifs is 1. The minimum Gasteiger partial charge on any atom is -0.294 e. The molecule has 0 aliphatic carbocycles. The summed E-state index contributed by atoms with van der Waals surface area (Å²) in [4.78, 5) is 13.3. The maximum atomic E-state index is 13.3. The molecule has 4 rings (SSSR count). The number of hydrogen-bond acceptors (Lipinski definition) is 2. The van der Waals surface area contributed by atoms with Crippen LogP contribution in [0.1, 0.15) is 39.7 Å². The normalized spacial score (nSPS) is 12.8. The summed E-state index contributed by atoms with van der Waals surface area (Å²) in [5.41, 5.74) is 2.47. The van der Waals surface area contributed by atoms with Crippen LogP contribution in [0.4, 0.5) is 0 Å². The molecule has 0 spiro atoms. The number of benzene rings is 4. The molecule has 152 valence electrons. The van der Waals surface area contributed by atoms with Crippen molar-refractivity contribution in [2.24, 2.45) is 0 Å². The topological polar surface area (TPSA) is 40.9 Å². The molecular weight excluding hydrogens is 470 g/mol. The summed E-state index contributed by atoms with van der Waals surface area (Å²) in [5.74, 6) is -0.728. The van der Waals surface area contributed by atoms with Crippen LogP contribution >= 0.6 is 27.5 Å². The van der Waals surface area contributed by atoms with Crippen LogP contribution in [-0.2, 0) is 0 Å². The fraction of sp³-hybridized carbons (Fsp3) is 0.111. The van der Waals surface area contributed by atoms with Crippen LogP contribution in [0, 0.1) is 11.3 Å². The van der Waals surface area contributed by atoms with E-state index in [0.29, 0.717) is 10.6 Å². The largest absolute Gasteiger partial charge is 0.294 e. The van der Waals surface area contributed by atoms with Crippen LogP contribution in [0.25, 0.3) is 10.8 Å². The molecule has 4 aromatic rings. The number of nitrogens with zero attached hydrogens (tertiary/aromatic N) is 1. The molecule has 0 unspecified atom stereocenters. The molecule has 2 nitrogen and oxygen atoms in total. The highest BCUT2D eigenvalue weighted by atomic mass is 79.9. The van der Waals surface area contributed by atoms with Gasteiger partial charge in [-0.1, -0.05) is 88.2 Å². The average Bonchev–Trinajstić information content (AvgIpc) is 2.80. The van der Waals surface area contributed by atoms with Gasteiger partial charge in [0.15, 0.2) is 5.78 Å². The maximum absolute atomic E-state index is 13.3. The molecule has 0 amide bonds. The van der Waals surface area contributed by atoms with Gasteiger partial charge in [0.05, 0.1) is 12.0 Å². The van der Waals surface area contributed by atoms with Crippen molar-refractivity contribution < 1.29 is 4.79 Å². The summed E-state index contributed by atoms with van der Waals surface area (Å²) in [6, 6.07) is 31.3. The Kier molecular flexibility index (Phi) is 6.51. The van der Waals surface area contributed by atoms with Crippen molar-refractivity contribution in [3.63, 3.8) is 0 Å². The van der Waals surface area contributed by atoms with Gasteiger partial charge in [-0.25, -0.2) is 0 Å². The Morgan fingerprint density at radius 3 is 2.19 bits per heavy atom. The molecule has 0 N–H and O–H groups in total. The van der Waals surface area contributed by atoms with Crippen molar-refractivity contribution in [3.05, 3.63) is 117 Å². The van der Waals surface area contributed by atoms with E-state index in [1.54, 1.807) is 12.1 Å². The molecule has 0 aliphatic rings. The molecule has 0 fully saturated rings. The zero-order valence-corrected chi connectivity index (χ0v) is 19.0. The van der Waals surface area contributed by atoms with E-state index in [9.17, 15) is 10.1 Å². The second-order valence-electron chi connectivity index (χ2n) is 7.51. The van der Waals surface area contributed by atoms with E-state index < -0.39 is 5.92 Å². The lowest BCUT2D eigenvalue weighted by atomic mass is 9.78. The number of nitriles is 1. The van der Waals surface area contributed by atoms with Crippen molar-refractivity contribution in [2.75, 3.05) is 0 Å². The summed E-state index contributed by atoms with van der Waals surface area (Å²) >= 11 is 9.51. The minimum absolute atomic E-state index is 0.0212. The first-order valence-corrected chi connectivity index (χ1v) is 11.1. The van der Waals surface area contributed by atoms with Gasteiger partial charge in [0.2, 0.25) is 0 Å². The van der Waals surface area contributed by atoms with E-state index in [0.717, 1.165) is 26.4 Å². The van der Waals surface area contributed by atoms with Gasteiger partial charge in [-0.3, -0.25) is 4.79 Å². The summed E-state index contributed by atoms with van der Waals surface area (Å²) in [6.45, 7) is 0. The van der Waals surface area contributed by atoms with Crippen molar-refractivity contribution in [1.82, 2.24) is 0 Å². The molecular formula is C27H19BrClNO. The first-order valence-electron chi connectivity index (χ1n) is 9.97. The second-order valence-corrected chi connectivity index (χ2v) is 8.86. The Balaban J connectivity index is 1.71. The highest BCUT2D eigenvalue weighted by Crippen LogP contribution is 2.37. The first kappa shape index (κ1) is 21.3. The van der Waals surface area contributed by atoms with Crippen LogP contribution in [0.3, 0.4) is 0 Å². The molecule has 31 heavy (non-hydrogen) atoms. The highest BCUT2D eigenvalue weighted by Gasteiger charge is 2.28. The fourth-order valence-electron chi connectivity index (χ4n) is 3.89. The van der Waals surface area contributed by atoms with Gasteiger partial charge in [0.1, 0.15) is 0 Å². The molecule has 0 aliphatic heterocycles. The first-order chi connectivity index (χ1) is 15.0. The molecule has 0 saturated heterocycles. The summed E-state index contributed by atoms with van der Waals surface area (Å²) < 4.78 is 0.954. The summed E-state index contributed by atoms with van der Waals surface area (Å²) in [5, 5.41) is 12.8. The highest BCUT2D eigenvalue weighted by molar-refractivity contribution is 9.10. The van der Waals surface area contributed by atoms with Gasteiger partial charge in [-0.2, -0.15) is 5.26 Å². The smallest absolute Gasteiger partial charge is 0.163 e. The van der Waals surface area contributed by atoms with Gasteiger partial charge in [0.25, 0.3) is 0 Å². The number of carbonyl (C=O) groups excluding carboxylic acids is 1. The molecule has 0 saturated carbocycles. The number of carbonyl (C=O) groups is 1. The number of ketones is 1. The van der Waals surface area contributed by atoms with Gasteiger partial charge in [-0.15, -0.1) is 0 Å². The quantitative estimate of drug-likeness (QED) is 0.259. The van der Waals surface area contributed by atoms with Crippen LogP contribution < -0.4 is 0 Å². The van der Waals surface area contributed by atoms with E-state index >= 15 is 0 Å². The molecule has 0 radical (unpaired) electrons. The van der Waals surface area contributed by atoms with E-state index in [2.05, 4.69) is 22.0 Å². The fourth-order valence-corrected chi connectivity index (χ4v) is 4.28. The summed E-state index contributed by atoms with van der Waals surface area (Å²) in [6.07, 6.45) is 0.237. The standard InChI is InChI=1S/C27H19BrClNO/c28-23-11-7-19(8-12-23)25(26(17-30)20-9-13-24(29)14-10-20)16-27(31)22-6-5-18-3-1-2-4-21(18)15-22/h1-15,25-26H,16H2/t25-,26-/m0/s1. The van der Waals surface area contributed by atoms with Crippen molar-refractivity contribution in [3.8, 4) is 6.07 Å². The molecule has 0 bridgehead atoms. The van der Waals surface area contributed by atoms with Gasteiger partial charge >= 0.3 is 0 Å². The number of Topliss-reactive ketones (excluding diaryl/α,β-unsaturated/α-hetero) is 1. The lowest BCUT2D eigenvalue weighted by molar-refractivity contribution is 0.0972. The van der Waals surface area contributed by atoms with E-state index in [4.69, 9.17) is 11.6 Å². The van der Waals surface area contributed by atoms with E-state index in [1.165, 1.54) is 0 Å². The van der Waals surface area contributed by atoms with Crippen LogP contribution in [-0.4, -0.2) is 5.78 Å². The molecule has 2 atom stereocenters. The third kappa shape index (κ3) is 4.88. The minimum atomic E-state index is -0.470. The number of rotatable bonds is 6. The lowest BCUT2D eigenvalue weighted by Gasteiger charge is -2.23. The van der Waals surface area contributed by atoms with Gasteiger partial charge in [0, 0.05) is 27.4 Å². The van der Waals surface area contributed by atoms with Gasteiger partial charge < -0.3 is 0 Å². The van der Waals surface area contributed by atoms with Crippen molar-refractivity contribution in [2.45, 2.75) is 18.3 Å². The predicted octanol–water partition coefficient (Wildman–Crippen LogP) is 7.92. The van der Waals surface area contributed by atoms with Crippen molar-refractivity contribution in [1.29, 1.82) is 5.26 Å². The third-order valence-corrected chi connectivity index (χ3v) is 6.33. The Labute approximate surface area is 195 Å². The predicted molar refractivity (Wildman–Crippen MR) is 130 cm³/mol. The SMILES string of the molecule is N#C[C@@H](c1ccc(Cl)cc1)[C@@H](CC(=O)c1ccc2ccccc2c1)c1ccc(Br)cc1. The Hall–Kier alpha value is -2.93. The molecule has 0 aromatic heterocycles. The Morgan fingerprint density at radius 1 is 0.871 bits per heavy atom. The van der Waals surface area contributed by atoms with Gasteiger partial charge in [-0.05, 0) is 52.2 Å². The lowest BCUT2D eigenvalue weighted by Crippen LogP contribution is -2.15. The number of hydrogen-bond donors (Lipinski definition) is 0. The molecule has 4 heteroatoms. The van der Waals surface area contributed by atoms with E-state index in [-0.39, 0.29) is 18.1 Å².